The molecule has 0 aliphatic carbocycles. The molecule has 2 aliphatic heterocycles. The fraction of sp³-hybridized carbons (Fsp3) is 0.667. The lowest BCUT2D eigenvalue weighted by Crippen LogP contribution is -2.43. The van der Waals surface area contributed by atoms with Crippen molar-refractivity contribution in [2.75, 3.05) is 30.6 Å². The Morgan fingerprint density at radius 1 is 0.818 bits per heavy atom. The summed E-state index contributed by atoms with van der Waals surface area (Å²) >= 11 is 7.61. The van der Waals surface area contributed by atoms with Gasteiger partial charge in [-0.05, 0) is 90.7 Å². The van der Waals surface area contributed by atoms with Crippen LogP contribution in [-0.2, 0) is 15.9 Å². The zero-order chi connectivity index (χ0) is 32.9. The fourth-order valence-corrected chi connectivity index (χ4v) is 5.22. The number of halogens is 4. The maximum atomic E-state index is 12.8. The van der Waals surface area contributed by atoms with Crippen LogP contribution in [0.25, 0.3) is 0 Å². The lowest BCUT2D eigenvalue weighted by molar-refractivity contribution is 0.0160. The lowest BCUT2D eigenvalue weighted by Gasteiger charge is -2.33. The van der Waals surface area contributed by atoms with E-state index in [0.29, 0.717) is 24.7 Å². The molecule has 2 saturated heterocycles. The van der Waals surface area contributed by atoms with Gasteiger partial charge in [-0.1, -0.05) is 22.6 Å². The van der Waals surface area contributed by atoms with E-state index in [2.05, 4.69) is 42.5 Å². The van der Waals surface area contributed by atoms with Gasteiger partial charge < -0.3 is 19.3 Å². The summed E-state index contributed by atoms with van der Waals surface area (Å²) in [5.41, 5.74) is -0.863. The Morgan fingerprint density at radius 3 is 1.64 bits per heavy atom. The van der Waals surface area contributed by atoms with Gasteiger partial charge in [-0.3, -0.25) is 0 Å². The quantitative estimate of drug-likeness (QED) is 0.185. The molecular formula is C30H44ClF2IN6O4. The van der Waals surface area contributed by atoms with Crippen molar-refractivity contribution in [1.29, 1.82) is 0 Å². The predicted molar refractivity (Wildman–Crippen MR) is 173 cm³/mol. The Labute approximate surface area is 277 Å². The van der Waals surface area contributed by atoms with E-state index < -0.39 is 17.2 Å². The third kappa shape index (κ3) is 15.5. The first-order chi connectivity index (χ1) is 20.5. The van der Waals surface area contributed by atoms with Gasteiger partial charge in [0.05, 0.1) is 24.8 Å². The second kappa shape index (κ2) is 17.9. The van der Waals surface area contributed by atoms with Crippen LogP contribution in [0.1, 0.15) is 73.1 Å². The van der Waals surface area contributed by atoms with Gasteiger partial charge in [-0.2, -0.15) is 0 Å². The molecule has 0 spiro atoms. The van der Waals surface area contributed by atoms with Gasteiger partial charge in [0.25, 0.3) is 0 Å². The number of hydrogen-bond acceptors (Lipinski definition) is 8. The molecule has 0 N–H and O–H groups in total. The number of piperidine rings is 2. The molecular weight excluding hydrogens is 709 g/mol. The molecule has 14 heteroatoms. The van der Waals surface area contributed by atoms with Gasteiger partial charge in [0.2, 0.25) is 5.28 Å². The van der Waals surface area contributed by atoms with E-state index >= 15 is 0 Å². The molecule has 0 aromatic carbocycles. The maximum absolute atomic E-state index is 12.8. The van der Waals surface area contributed by atoms with Gasteiger partial charge in [0.15, 0.2) is 11.6 Å². The molecule has 0 saturated carbocycles. The van der Waals surface area contributed by atoms with Crippen LogP contribution in [0.15, 0.2) is 24.8 Å². The number of aromatic nitrogens is 4. The monoisotopic (exact) mass is 752 g/mol. The molecule has 2 amide bonds. The van der Waals surface area contributed by atoms with Crippen molar-refractivity contribution in [3.8, 4) is 0 Å². The van der Waals surface area contributed by atoms with Gasteiger partial charge in [-0.25, -0.2) is 38.3 Å². The number of ether oxygens (including phenoxy) is 2. The zero-order valence-corrected chi connectivity index (χ0v) is 29.3. The van der Waals surface area contributed by atoms with Gasteiger partial charge >= 0.3 is 12.2 Å². The predicted octanol–water partition coefficient (Wildman–Crippen LogP) is 7.14. The Kier molecular flexibility index (Phi) is 15.4. The smallest absolute Gasteiger partial charge is 0.410 e. The largest absolute Gasteiger partial charge is 0.444 e. The number of rotatable bonds is 3. The normalized spacial score (nSPS) is 18.7. The van der Waals surface area contributed by atoms with Crippen LogP contribution in [0.2, 0.25) is 5.28 Å². The summed E-state index contributed by atoms with van der Waals surface area (Å²) in [5, 5.41) is 0.0615. The van der Waals surface area contributed by atoms with Gasteiger partial charge in [0, 0.05) is 37.0 Å². The molecule has 0 radical (unpaired) electrons. The van der Waals surface area contributed by atoms with E-state index in [1.165, 1.54) is 18.8 Å². The highest BCUT2D eigenvalue weighted by Gasteiger charge is 2.29. The van der Waals surface area contributed by atoms with Crippen molar-refractivity contribution in [2.24, 2.45) is 11.8 Å². The average molecular weight is 753 g/mol. The molecule has 4 heterocycles. The van der Waals surface area contributed by atoms with Crippen molar-refractivity contribution in [1.82, 2.24) is 29.7 Å². The summed E-state index contributed by atoms with van der Waals surface area (Å²) in [6.07, 6.45) is 8.89. The van der Waals surface area contributed by atoms with Crippen LogP contribution in [0.3, 0.4) is 0 Å². The number of carbonyl (C=O) groups is 2. The topological polar surface area (TPSA) is 111 Å². The molecule has 2 atom stereocenters. The van der Waals surface area contributed by atoms with E-state index in [1.807, 2.05) is 46.4 Å². The minimum atomic E-state index is -0.482. The van der Waals surface area contributed by atoms with Crippen LogP contribution in [0, 0.1) is 23.5 Å². The van der Waals surface area contributed by atoms with Crippen LogP contribution < -0.4 is 0 Å². The fourth-order valence-electron chi connectivity index (χ4n) is 4.41. The molecule has 2 aromatic rings. The second-order valence-corrected chi connectivity index (χ2v) is 13.9. The standard InChI is InChI=1S/C15H22FN3O2.C11H20INO2.C4H2ClFN2/c1-15(2,3)21-14(20)19-6-4-5-11(10-19)7-13-17-8-12(16)9-18-13;1-11(2,3)15-10(14)13-6-4-5-9(7-12)8-13;5-4-7-1-3(6)2-8-4/h8-9,11H,4-7,10H2,1-3H3;9H,4-8H2,1-3H3;1-2H/t11-;9-;/m11./s1. The summed E-state index contributed by atoms with van der Waals surface area (Å²) in [5.74, 6) is 0.642. The summed E-state index contributed by atoms with van der Waals surface area (Å²) in [4.78, 5) is 42.1. The summed E-state index contributed by atoms with van der Waals surface area (Å²) < 4.78 is 36.6. The molecule has 0 bridgehead atoms. The number of hydrogen-bond donors (Lipinski definition) is 0. The van der Waals surface area contributed by atoms with E-state index in [9.17, 15) is 18.4 Å². The molecule has 0 unspecified atom stereocenters. The van der Waals surface area contributed by atoms with Crippen molar-refractivity contribution in [2.45, 2.75) is 84.8 Å². The third-order valence-corrected chi connectivity index (χ3v) is 7.73. The molecule has 246 valence electrons. The molecule has 4 rings (SSSR count). The number of nitrogens with zero attached hydrogens (tertiary/aromatic N) is 6. The minimum Gasteiger partial charge on any atom is -0.444 e. The Morgan fingerprint density at radius 2 is 1.23 bits per heavy atom. The number of amides is 2. The lowest BCUT2D eigenvalue weighted by atomic mass is 9.95. The molecule has 10 nitrogen and oxygen atoms in total. The van der Waals surface area contributed by atoms with E-state index in [4.69, 9.17) is 21.1 Å². The van der Waals surface area contributed by atoms with Gasteiger partial charge in [-0.15, -0.1) is 0 Å². The number of alkyl halides is 1. The summed E-state index contributed by atoms with van der Waals surface area (Å²) in [6, 6.07) is 0. The van der Waals surface area contributed by atoms with Crippen molar-refractivity contribution >= 4 is 46.4 Å². The Hall–Kier alpha value is -2.42. The SMILES string of the molecule is CC(C)(C)OC(=O)N1CCC[C@H](CI)C1.CC(C)(C)OC(=O)N1CCC[C@H](Cc2ncc(F)cn2)C1.Fc1cnc(Cl)nc1. The summed E-state index contributed by atoms with van der Waals surface area (Å²) in [6.45, 7) is 14.4. The molecule has 44 heavy (non-hydrogen) atoms. The zero-order valence-electron chi connectivity index (χ0n) is 26.4. The molecule has 2 fully saturated rings. The van der Waals surface area contributed by atoms with Crippen molar-refractivity contribution in [3.63, 3.8) is 0 Å². The second-order valence-electron chi connectivity index (χ2n) is 12.7. The number of carbonyl (C=O) groups excluding carboxylic acids is 2. The first-order valence-electron chi connectivity index (χ1n) is 14.7. The van der Waals surface area contributed by atoms with Crippen LogP contribution in [0.4, 0.5) is 18.4 Å². The van der Waals surface area contributed by atoms with Crippen LogP contribution >= 0.6 is 34.2 Å². The molecule has 2 aromatic heterocycles. The maximum Gasteiger partial charge on any atom is 0.410 e. The van der Waals surface area contributed by atoms with Crippen molar-refractivity contribution in [3.05, 3.63) is 47.5 Å². The van der Waals surface area contributed by atoms with E-state index in [0.717, 1.165) is 55.7 Å². The van der Waals surface area contributed by atoms with E-state index in [-0.39, 0.29) is 29.0 Å². The highest BCUT2D eigenvalue weighted by Crippen LogP contribution is 2.22. The molecule has 2 aliphatic rings. The Balaban J connectivity index is 0.000000254. The van der Waals surface area contributed by atoms with E-state index in [1.54, 1.807) is 4.90 Å². The highest BCUT2D eigenvalue weighted by atomic mass is 127. The highest BCUT2D eigenvalue weighted by molar-refractivity contribution is 14.1. The van der Waals surface area contributed by atoms with Crippen LogP contribution in [0.5, 0.6) is 0 Å². The number of likely N-dealkylation sites (tertiary alicyclic amines) is 2. The Bertz CT molecular complexity index is 1150. The minimum absolute atomic E-state index is 0.0615. The van der Waals surface area contributed by atoms with Crippen LogP contribution in [-0.4, -0.2) is 83.7 Å². The average Bonchev–Trinajstić information content (AvgIpc) is 2.95. The van der Waals surface area contributed by atoms with Gasteiger partial charge in [0.1, 0.15) is 17.0 Å². The third-order valence-electron chi connectivity index (χ3n) is 6.29. The summed E-state index contributed by atoms with van der Waals surface area (Å²) in [7, 11) is 0. The first-order valence-corrected chi connectivity index (χ1v) is 16.6. The van der Waals surface area contributed by atoms with Crippen molar-refractivity contribution < 1.29 is 27.8 Å². The first kappa shape index (κ1) is 37.8.